The van der Waals surface area contributed by atoms with Crippen molar-refractivity contribution in [2.45, 2.75) is 37.9 Å². The summed E-state index contributed by atoms with van der Waals surface area (Å²) in [4.78, 5) is 35.8. The SMILES string of the molecule is Cc1ncsc1C(=O)NC(C)c1ncc(C(=O)NC2=NCC(C)(Cl)C(C(F)(F)F)=C2)s1. The topological polar surface area (TPSA) is 96.3 Å². The fraction of sp³-hybridized carbons (Fsp3) is 0.389. The van der Waals surface area contributed by atoms with Crippen molar-refractivity contribution in [2.24, 2.45) is 4.99 Å². The molecular weight excluding hydrogens is 475 g/mol. The van der Waals surface area contributed by atoms with Crippen LogP contribution < -0.4 is 10.6 Å². The van der Waals surface area contributed by atoms with Crippen molar-refractivity contribution in [2.75, 3.05) is 6.54 Å². The normalized spacial score (nSPS) is 20.0. The van der Waals surface area contributed by atoms with Gasteiger partial charge in [0.2, 0.25) is 0 Å². The van der Waals surface area contributed by atoms with Gasteiger partial charge in [-0.05, 0) is 26.8 Å². The van der Waals surface area contributed by atoms with Crippen LogP contribution in [0.5, 0.6) is 0 Å². The van der Waals surface area contributed by atoms with Crippen molar-refractivity contribution in [1.82, 2.24) is 20.6 Å². The minimum atomic E-state index is -4.65. The molecule has 0 aliphatic carbocycles. The standard InChI is InChI=1S/C18H17ClF3N5O2S2/c1-8-13(30-7-25-8)15(29)26-9(2)16-23-5-10(31-16)14(28)27-12-4-11(18(20,21)22)17(3,19)6-24-12/h4-5,7,9H,6H2,1-3H3,(H,26,29)(H,24,27,28). The average Bonchev–Trinajstić information content (AvgIpc) is 3.31. The minimum absolute atomic E-state index is 0.161. The third kappa shape index (κ3) is 5.31. The number of amidine groups is 1. The summed E-state index contributed by atoms with van der Waals surface area (Å²) < 4.78 is 39.7. The Kier molecular flexibility index (Phi) is 6.53. The number of nitrogens with zero attached hydrogens (tertiary/aromatic N) is 3. The number of rotatable bonds is 4. The van der Waals surface area contributed by atoms with Crippen LogP contribution in [0.1, 0.15) is 49.9 Å². The van der Waals surface area contributed by atoms with Crippen LogP contribution >= 0.6 is 34.3 Å². The highest BCUT2D eigenvalue weighted by Gasteiger charge is 2.46. The number of alkyl halides is 4. The Morgan fingerprint density at radius 3 is 2.61 bits per heavy atom. The van der Waals surface area contributed by atoms with Gasteiger partial charge in [0.1, 0.15) is 20.6 Å². The number of aryl methyl sites for hydroxylation is 1. The predicted molar refractivity (Wildman–Crippen MR) is 113 cm³/mol. The number of hydrogen-bond acceptors (Lipinski definition) is 7. The molecule has 0 saturated heterocycles. The van der Waals surface area contributed by atoms with Gasteiger partial charge in [0, 0.05) is 0 Å². The molecule has 13 heteroatoms. The van der Waals surface area contributed by atoms with Gasteiger partial charge in [-0.25, -0.2) is 9.97 Å². The molecule has 2 aromatic rings. The Labute approximate surface area is 188 Å². The van der Waals surface area contributed by atoms with E-state index in [1.807, 2.05) is 0 Å². The number of aromatic nitrogens is 2. The Hall–Kier alpha value is -2.31. The molecule has 31 heavy (non-hydrogen) atoms. The molecule has 0 aromatic carbocycles. The van der Waals surface area contributed by atoms with E-state index in [2.05, 4.69) is 25.6 Å². The lowest BCUT2D eigenvalue weighted by molar-refractivity contribution is -0.0965. The van der Waals surface area contributed by atoms with E-state index in [9.17, 15) is 22.8 Å². The number of carbonyl (C=O) groups excluding carboxylic acids is 2. The van der Waals surface area contributed by atoms with Crippen LogP contribution in [-0.2, 0) is 0 Å². The molecule has 2 unspecified atom stereocenters. The Balaban J connectivity index is 1.68. The molecule has 7 nitrogen and oxygen atoms in total. The summed E-state index contributed by atoms with van der Waals surface area (Å²) in [6.45, 7) is 4.32. The molecule has 0 spiro atoms. The molecule has 3 heterocycles. The maximum Gasteiger partial charge on any atom is 0.414 e. The molecule has 0 bridgehead atoms. The molecule has 2 N–H and O–H groups in total. The van der Waals surface area contributed by atoms with Crippen LogP contribution in [-0.4, -0.2) is 45.2 Å². The Bertz CT molecular complexity index is 1070. The van der Waals surface area contributed by atoms with Crippen molar-refractivity contribution < 1.29 is 22.8 Å². The van der Waals surface area contributed by atoms with Gasteiger partial charge in [0.05, 0.1) is 40.4 Å². The van der Waals surface area contributed by atoms with E-state index in [4.69, 9.17) is 11.6 Å². The first-order chi connectivity index (χ1) is 14.4. The number of hydrogen-bond donors (Lipinski definition) is 2. The van der Waals surface area contributed by atoms with Gasteiger partial charge in [-0.2, -0.15) is 13.2 Å². The smallest absolute Gasteiger partial charge is 0.342 e. The molecule has 3 rings (SSSR count). The first-order valence-corrected chi connectivity index (χ1v) is 11.0. The van der Waals surface area contributed by atoms with Gasteiger partial charge in [0.15, 0.2) is 0 Å². The van der Waals surface area contributed by atoms with Crippen LogP contribution in [0.15, 0.2) is 28.3 Å². The second-order valence-electron chi connectivity index (χ2n) is 6.93. The molecule has 0 radical (unpaired) electrons. The zero-order chi connectivity index (χ0) is 23.0. The van der Waals surface area contributed by atoms with Gasteiger partial charge in [-0.15, -0.1) is 34.3 Å². The van der Waals surface area contributed by atoms with Gasteiger partial charge >= 0.3 is 6.18 Å². The quantitative estimate of drug-likeness (QED) is 0.631. The summed E-state index contributed by atoms with van der Waals surface area (Å²) in [5, 5.41) is 5.59. The third-order valence-corrected chi connectivity index (χ3v) is 6.78. The highest BCUT2D eigenvalue weighted by molar-refractivity contribution is 7.13. The highest BCUT2D eigenvalue weighted by Crippen LogP contribution is 2.39. The van der Waals surface area contributed by atoms with Crippen molar-refractivity contribution in [3.05, 3.63) is 43.8 Å². The maximum atomic E-state index is 13.2. The summed E-state index contributed by atoms with van der Waals surface area (Å²) in [6.07, 6.45) is -2.62. The fourth-order valence-corrected chi connectivity index (χ4v) is 4.46. The van der Waals surface area contributed by atoms with Gasteiger partial charge in [-0.3, -0.25) is 14.6 Å². The van der Waals surface area contributed by atoms with E-state index in [0.29, 0.717) is 15.6 Å². The van der Waals surface area contributed by atoms with Crippen LogP contribution in [0.3, 0.4) is 0 Å². The lowest BCUT2D eigenvalue weighted by atomic mass is 9.97. The monoisotopic (exact) mass is 491 g/mol. The molecule has 1 aliphatic rings. The van der Waals surface area contributed by atoms with E-state index in [-0.39, 0.29) is 23.2 Å². The molecule has 0 fully saturated rings. The Morgan fingerprint density at radius 1 is 1.29 bits per heavy atom. The van der Waals surface area contributed by atoms with Crippen molar-refractivity contribution in [1.29, 1.82) is 0 Å². The summed E-state index contributed by atoms with van der Waals surface area (Å²) in [6, 6.07) is -0.485. The lowest BCUT2D eigenvalue weighted by Gasteiger charge is -2.29. The van der Waals surface area contributed by atoms with Crippen molar-refractivity contribution in [3.63, 3.8) is 0 Å². The molecule has 2 atom stereocenters. The predicted octanol–water partition coefficient (Wildman–Crippen LogP) is 4.03. The van der Waals surface area contributed by atoms with Gasteiger partial charge in [0.25, 0.3) is 11.8 Å². The second-order valence-corrected chi connectivity index (χ2v) is 9.68. The Morgan fingerprint density at radius 2 is 2.00 bits per heavy atom. The number of halogens is 4. The zero-order valence-electron chi connectivity index (χ0n) is 16.5. The third-order valence-electron chi connectivity index (χ3n) is 4.35. The second kappa shape index (κ2) is 8.67. The van der Waals surface area contributed by atoms with Gasteiger partial charge < -0.3 is 10.6 Å². The number of thiazole rings is 2. The fourth-order valence-electron chi connectivity index (χ4n) is 2.72. The summed E-state index contributed by atoms with van der Waals surface area (Å²) in [5.41, 5.74) is 1.20. The molecular formula is C18H17ClF3N5O2S2. The molecule has 1 aliphatic heterocycles. The highest BCUT2D eigenvalue weighted by atomic mass is 35.5. The van der Waals surface area contributed by atoms with E-state index in [1.165, 1.54) is 24.5 Å². The van der Waals surface area contributed by atoms with Crippen LogP contribution in [0.25, 0.3) is 0 Å². The molecule has 0 saturated carbocycles. The number of amides is 2. The van der Waals surface area contributed by atoms with E-state index in [1.54, 1.807) is 19.4 Å². The molecule has 2 aromatic heterocycles. The summed E-state index contributed by atoms with van der Waals surface area (Å²) in [7, 11) is 0. The largest absolute Gasteiger partial charge is 0.414 e. The van der Waals surface area contributed by atoms with Crippen molar-refractivity contribution >= 4 is 51.9 Å². The van der Waals surface area contributed by atoms with E-state index >= 15 is 0 Å². The molecule has 166 valence electrons. The number of carbonyl (C=O) groups is 2. The average molecular weight is 492 g/mol. The number of dihydropyridines is 1. The lowest BCUT2D eigenvalue weighted by Crippen LogP contribution is -2.40. The van der Waals surface area contributed by atoms with Crippen molar-refractivity contribution in [3.8, 4) is 0 Å². The number of nitrogens with one attached hydrogen (secondary N) is 2. The van der Waals surface area contributed by atoms with Crippen LogP contribution in [0.4, 0.5) is 13.2 Å². The first kappa shape index (κ1) is 23.4. The van der Waals surface area contributed by atoms with Gasteiger partial charge in [-0.1, -0.05) is 0 Å². The maximum absolute atomic E-state index is 13.2. The minimum Gasteiger partial charge on any atom is -0.342 e. The van der Waals surface area contributed by atoms with E-state index < -0.39 is 28.6 Å². The number of aliphatic imine (C=N–C) groups is 1. The van der Waals surface area contributed by atoms with Crippen LogP contribution in [0, 0.1) is 6.92 Å². The zero-order valence-corrected chi connectivity index (χ0v) is 18.9. The molecule has 2 amide bonds. The summed E-state index contributed by atoms with van der Waals surface area (Å²) >= 11 is 8.14. The van der Waals surface area contributed by atoms with E-state index in [0.717, 1.165) is 17.4 Å². The first-order valence-electron chi connectivity index (χ1n) is 8.89. The summed E-state index contributed by atoms with van der Waals surface area (Å²) in [5.74, 6) is -1.19. The van der Waals surface area contributed by atoms with Crippen LogP contribution in [0.2, 0.25) is 0 Å².